The zero-order valence-corrected chi connectivity index (χ0v) is 13.4. The molecule has 22 heavy (non-hydrogen) atoms. The second-order valence-electron chi connectivity index (χ2n) is 6.27. The fourth-order valence-electron chi connectivity index (χ4n) is 3.66. The van der Waals surface area contributed by atoms with Crippen LogP contribution in [0, 0.1) is 0 Å². The molecule has 1 aromatic carbocycles. The molecule has 1 N–H and O–H groups in total. The van der Waals surface area contributed by atoms with Crippen molar-refractivity contribution in [1.29, 1.82) is 0 Å². The molecular formula is C18H26N2O2. The average Bonchev–Trinajstić information content (AvgIpc) is 2.56. The smallest absolute Gasteiger partial charge is 0.409 e. The molecule has 0 radical (unpaired) electrons. The normalized spacial score (nSPS) is 22.2. The van der Waals surface area contributed by atoms with Gasteiger partial charge in [0.1, 0.15) is 0 Å². The Morgan fingerprint density at radius 3 is 2.82 bits per heavy atom. The van der Waals surface area contributed by atoms with E-state index in [9.17, 15) is 4.79 Å². The zero-order chi connectivity index (χ0) is 15.4. The van der Waals surface area contributed by atoms with Crippen molar-refractivity contribution in [3.05, 3.63) is 35.4 Å². The van der Waals surface area contributed by atoms with Crippen molar-refractivity contribution in [3.8, 4) is 0 Å². The summed E-state index contributed by atoms with van der Waals surface area (Å²) in [4.78, 5) is 13.6. The Balaban J connectivity index is 1.55. The molecule has 0 unspecified atom stereocenters. The highest BCUT2D eigenvalue weighted by molar-refractivity contribution is 5.67. The standard InChI is InChI=1S/C18H26N2O2/c1-2-22-18(21)20-12-10-15(11-13-20)19-17-9-5-7-14-6-3-4-8-16(14)17/h3-4,6,8,15,17,19H,2,5,7,9-13H2,1H3/t17-/m0/s1. The third kappa shape index (κ3) is 3.43. The van der Waals surface area contributed by atoms with Crippen LogP contribution in [-0.4, -0.2) is 36.7 Å². The second kappa shape index (κ2) is 7.14. The fraction of sp³-hybridized carbons (Fsp3) is 0.611. The van der Waals surface area contributed by atoms with E-state index in [2.05, 4.69) is 29.6 Å². The summed E-state index contributed by atoms with van der Waals surface area (Å²) in [6.45, 7) is 3.90. The van der Waals surface area contributed by atoms with Crippen LogP contribution in [-0.2, 0) is 11.2 Å². The maximum Gasteiger partial charge on any atom is 0.409 e. The van der Waals surface area contributed by atoms with Crippen LogP contribution < -0.4 is 5.32 Å². The molecule has 120 valence electrons. The summed E-state index contributed by atoms with van der Waals surface area (Å²) >= 11 is 0. The van der Waals surface area contributed by atoms with Gasteiger partial charge >= 0.3 is 6.09 Å². The number of piperidine rings is 1. The number of carbonyl (C=O) groups excluding carboxylic acids is 1. The molecule has 1 amide bonds. The van der Waals surface area contributed by atoms with E-state index in [0.29, 0.717) is 18.7 Å². The van der Waals surface area contributed by atoms with Crippen molar-refractivity contribution < 1.29 is 9.53 Å². The summed E-state index contributed by atoms with van der Waals surface area (Å²) in [6.07, 6.45) is 5.54. The topological polar surface area (TPSA) is 41.6 Å². The van der Waals surface area contributed by atoms with E-state index in [0.717, 1.165) is 25.9 Å². The molecule has 1 saturated heterocycles. The van der Waals surface area contributed by atoms with Gasteiger partial charge in [0.15, 0.2) is 0 Å². The quantitative estimate of drug-likeness (QED) is 0.931. The first-order chi connectivity index (χ1) is 10.8. The number of fused-ring (bicyclic) bond motifs is 1. The number of nitrogens with one attached hydrogen (secondary N) is 1. The van der Waals surface area contributed by atoms with Gasteiger partial charge in [-0.05, 0) is 50.2 Å². The molecule has 1 aromatic rings. The lowest BCUT2D eigenvalue weighted by atomic mass is 9.87. The van der Waals surface area contributed by atoms with Gasteiger partial charge in [0.25, 0.3) is 0 Å². The van der Waals surface area contributed by atoms with Crippen LogP contribution in [0.25, 0.3) is 0 Å². The van der Waals surface area contributed by atoms with Crippen LogP contribution in [0.5, 0.6) is 0 Å². The molecule has 0 spiro atoms. The van der Waals surface area contributed by atoms with E-state index >= 15 is 0 Å². The van der Waals surface area contributed by atoms with Crippen molar-refractivity contribution >= 4 is 6.09 Å². The molecule has 1 atom stereocenters. The van der Waals surface area contributed by atoms with E-state index in [4.69, 9.17) is 4.74 Å². The van der Waals surface area contributed by atoms with Crippen molar-refractivity contribution in [1.82, 2.24) is 10.2 Å². The number of ether oxygens (including phenoxy) is 1. The highest BCUT2D eigenvalue weighted by atomic mass is 16.6. The molecule has 0 bridgehead atoms. The highest BCUT2D eigenvalue weighted by Crippen LogP contribution is 2.30. The van der Waals surface area contributed by atoms with Gasteiger partial charge in [-0.3, -0.25) is 0 Å². The van der Waals surface area contributed by atoms with Gasteiger partial charge in [-0.15, -0.1) is 0 Å². The number of hydrogen-bond donors (Lipinski definition) is 1. The highest BCUT2D eigenvalue weighted by Gasteiger charge is 2.27. The van der Waals surface area contributed by atoms with Crippen molar-refractivity contribution in [2.45, 2.75) is 51.1 Å². The molecule has 3 rings (SSSR count). The number of likely N-dealkylation sites (tertiary alicyclic amines) is 1. The first kappa shape index (κ1) is 15.3. The number of amides is 1. The van der Waals surface area contributed by atoms with Crippen LogP contribution in [0.15, 0.2) is 24.3 Å². The second-order valence-corrected chi connectivity index (χ2v) is 6.27. The van der Waals surface area contributed by atoms with E-state index in [1.165, 1.54) is 30.4 Å². The van der Waals surface area contributed by atoms with Crippen LogP contribution in [0.2, 0.25) is 0 Å². The van der Waals surface area contributed by atoms with Crippen molar-refractivity contribution in [2.75, 3.05) is 19.7 Å². The average molecular weight is 302 g/mol. The Bertz CT molecular complexity index is 510. The van der Waals surface area contributed by atoms with Crippen molar-refractivity contribution in [2.24, 2.45) is 0 Å². The summed E-state index contributed by atoms with van der Waals surface area (Å²) in [5, 5.41) is 3.83. The van der Waals surface area contributed by atoms with Gasteiger partial charge in [-0.2, -0.15) is 0 Å². The summed E-state index contributed by atoms with van der Waals surface area (Å²) in [5.41, 5.74) is 2.97. The molecule has 1 fully saturated rings. The Hall–Kier alpha value is -1.55. The minimum atomic E-state index is -0.163. The van der Waals surface area contributed by atoms with E-state index in [1.807, 2.05) is 11.8 Å². The number of hydrogen-bond acceptors (Lipinski definition) is 3. The lowest BCUT2D eigenvalue weighted by molar-refractivity contribution is 0.0939. The van der Waals surface area contributed by atoms with Crippen LogP contribution in [0.3, 0.4) is 0 Å². The molecule has 0 saturated carbocycles. The molecule has 4 nitrogen and oxygen atoms in total. The summed E-state index contributed by atoms with van der Waals surface area (Å²) < 4.78 is 5.08. The SMILES string of the molecule is CCOC(=O)N1CCC(N[C@H]2CCCc3ccccc32)CC1. The number of benzene rings is 1. The predicted molar refractivity (Wildman–Crippen MR) is 86.9 cm³/mol. The van der Waals surface area contributed by atoms with Gasteiger partial charge in [0.05, 0.1) is 6.61 Å². The monoisotopic (exact) mass is 302 g/mol. The van der Waals surface area contributed by atoms with E-state index in [1.54, 1.807) is 0 Å². The number of rotatable bonds is 3. The molecule has 1 aliphatic carbocycles. The maximum atomic E-state index is 11.7. The van der Waals surface area contributed by atoms with E-state index < -0.39 is 0 Å². The third-order valence-corrected chi connectivity index (χ3v) is 4.83. The van der Waals surface area contributed by atoms with Gasteiger partial charge in [0.2, 0.25) is 0 Å². The lowest BCUT2D eigenvalue weighted by Gasteiger charge is -2.35. The molecule has 1 heterocycles. The predicted octanol–water partition coefficient (Wildman–Crippen LogP) is 3.27. The molecular weight excluding hydrogens is 276 g/mol. The van der Waals surface area contributed by atoms with Crippen LogP contribution >= 0.6 is 0 Å². The maximum absolute atomic E-state index is 11.7. The van der Waals surface area contributed by atoms with Gasteiger partial charge < -0.3 is 15.0 Å². The van der Waals surface area contributed by atoms with Crippen LogP contribution in [0.1, 0.15) is 49.8 Å². The Kier molecular flexibility index (Phi) is 4.98. The molecule has 1 aliphatic heterocycles. The van der Waals surface area contributed by atoms with Gasteiger partial charge in [0, 0.05) is 25.2 Å². The minimum absolute atomic E-state index is 0.163. The fourth-order valence-corrected chi connectivity index (χ4v) is 3.66. The Labute approximate surface area is 132 Å². The first-order valence-electron chi connectivity index (χ1n) is 8.53. The third-order valence-electron chi connectivity index (χ3n) is 4.83. The molecule has 0 aromatic heterocycles. The lowest BCUT2D eigenvalue weighted by Crippen LogP contribution is -2.46. The minimum Gasteiger partial charge on any atom is -0.450 e. The first-order valence-corrected chi connectivity index (χ1v) is 8.53. The Morgan fingerprint density at radius 1 is 1.27 bits per heavy atom. The number of aryl methyl sites for hydroxylation is 1. The van der Waals surface area contributed by atoms with Gasteiger partial charge in [-0.25, -0.2) is 4.79 Å². The molecule has 4 heteroatoms. The Morgan fingerprint density at radius 2 is 2.05 bits per heavy atom. The number of nitrogens with zero attached hydrogens (tertiary/aromatic N) is 1. The summed E-state index contributed by atoms with van der Waals surface area (Å²) in [5.74, 6) is 0. The number of carbonyl (C=O) groups is 1. The van der Waals surface area contributed by atoms with E-state index in [-0.39, 0.29) is 6.09 Å². The van der Waals surface area contributed by atoms with Crippen molar-refractivity contribution in [3.63, 3.8) is 0 Å². The van der Waals surface area contributed by atoms with Crippen LogP contribution in [0.4, 0.5) is 4.79 Å². The van der Waals surface area contributed by atoms with Gasteiger partial charge in [-0.1, -0.05) is 24.3 Å². The summed E-state index contributed by atoms with van der Waals surface area (Å²) in [7, 11) is 0. The zero-order valence-electron chi connectivity index (χ0n) is 13.4. The molecule has 2 aliphatic rings. The summed E-state index contributed by atoms with van der Waals surface area (Å²) in [6, 6.07) is 9.78. The largest absolute Gasteiger partial charge is 0.450 e.